The molecule has 3 aromatic rings. The maximum atomic E-state index is 13.6. The van der Waals surface area contributed by atoms with Gasteiger partial charge >= 0.3 is 13.7 Å². The number of hydrogen-bond acceptors (Lipinski definition) is 10. The second kappa shape index (κ2) is 10.3. The second-order valence-electron chi connectivity index (χ2n) is 7.95. The summed E-state index contributed by atoms with van der Waals surface area (Å²) in [6, 6.07) is 5.76. The Morgan fingerprint density at radius 1 is 1.29 bits per heavy atom. The molecule has 4 atom stereocenters. The first-order valence-corrected chi connectivity index (χ1v) is 13.0. The summed E-state index contributed by atoms with van der Waals surface area (Å²) in [5.41, 5.74) is 12.7. The summed E-state index contributed by atoms with van der Waals surface area (Å²) in [4.78, 5) is 24.4. The fraction of sp³-hybridized carbons (Fsp3) is 0.333. The number of esters is 1. The van der Waals surface area contributed by atoms with Gasteiger partial charge in [0, 0.05) is 10.4 Å². The lowest BCUT2D eigenvalue weighted by Gasteiger charge is -2.24. The fourth-order valence-corrected chi connectivity index (χ4v) is 5.48. The van der Waals surface area contributed by atoms with Crippen LogP contribution in [0.4, 0.5) is 11.8 Å². The van der Waals surface area contributed by atoms with Gasteiger partial charge in [-0.2, -0.15) is 15.1 Å². The number of allylic oxidation sites excluding steroid dienone is 1. The van der Waals surface area contributed by atoms with Gasteiger partial charge in [-0.15, -0.1) is 0 Å². The minimum absolute atomic E-state index is 0.0652. The van der Waals surface area contributed by atoms with Gasteiger partial charge in [-0.1, -0.05) is 28.1 Å². The van der Waals surface area contributed by atoms with Gasteiger partial charge in [-0.3, -0.25) is 9.32 Å². The van der Waals surface area contributed by atoms with Crippen LogP contribution in [-0.4, -0.2) is 45.2 Å². The molecule has 4 rings (SSSR count). The maximum absolute atomic E-state index is 13.6. The molecule has 0 aliphatic heterocycles. The number of ether oxygens (including phenoxy) is 1. The van der Waals surface area contributed by atoms with Crippen LogP contribution in [0.5, 0.6) is 5.75 Å². The van der Waals surface area contributed by atoms with Gasteiger partial charge in [0.2, 0.25) is 5.95 Å². The van der Waals surface area contributed by atoms with Crippen molar-refractivity contribution in [1.29, 1.82) is 0 Å². The number of hydrogen-bond donors (Lipinski definition) is 3. The number of nitrogen functional groups attached to an aromatic ring is 2. The summed E-state index contributed by atoms with van der Waals surface area (Å²) < 4.78 is 32.4. The number of imidazole rings is 1. The van der Waals surface area contributed by atoms with E-state index < -0.39 is 19.8 Å². The van der Waals surface area contributed by atoms with Crippen LogP contribution in [0.3, 0.4) is 0 Å². The number of halogens is 1. The Morgan fingerprint density at radius 3 is 2.74 bits per heavy atom. The third-order valence-electron chi connectivity index (χ3n) is 5.38. The van der Waals surface area contributed by atoms with Crippen molar-refractivity contribution >= 4 is 52.6 Å². The molecule has 1 aliphatic carbocycles. The summed E-state index contributed by atoms with van der Waals surface area (Å²) in [5.74, 6) is -0.0892. The number of rotatable bonds is 9. The number of fused-ring (bicyclic) bond motifs is 1. The van der Waals surface area contributed by atoms with E-state index in [-0.39, 0.29) is 30.3 Å². The lowest BCUT2D eigenvalue weighted by atomic mass is 10.1. The van der Waals surface area contributed by atoms with Gasteiger partial charge in [0.15, 0.2) is 11.5 Å². The zero-order chi connectivity index (χ0) is 25.2. The van der Waals surface area contributed by atoms with Gasteiger partial charge < -0.3 is 25.3 Å². The highest BCUT2D eigenvalue weighted by atomic mass is 79.9. The molecule has 1 aromatic carbocycles. The molecule has 0 spiro atoms. The number of nitrogens with two attached hydrogens (primary N) is 2. The predicted molar refractivity (Wildman–Crippen MR) is 133 cm³/mol. The van der Waals surface area contributed by atoms with E-state index in [1.54, 1.807) is 30.6 Å². The molecule has 2 aromatic heterocycles. The highest BCUT2D eigenvalue weighted by molar-refractivity contribution is 9.10. The summed E-state index contributed by atoms with van der Waals surface area (Å²) in [5, 5.41) is 2.65. The third-order valence-corrected chi connectivity index (χ3v) is 7.55. The molecule has 0 bridgehead atoms. The van der Waals surface area contributed by atoms with E-state index in [9.17, 15) is 9.36 Å². The van der Waals surface area contributed by atoms with Crippen molar-refractivity contribution in [3.8, 4) is 5.75 Å². The van der Waals surface area contributed by atoms with E-state index in [1.807, 2.05) is 16.7 Å². The van der Waals surface area contributed by atoms with Crippen LogP contribution in [0.1, 0.15) is 19.4 Å². The predicted octanol–water partition coefficient (Wildman–Crippen LogP) is 3.23. The van der Waals surface area contributed by atoms with Crippen LogP contribution < -0.4 is 21.1 Å². The number of carbonyl (C=O) groups is 1. The lowest BCUT2D eigenvalue weighted by Crippen LogP contribution is -2.34. The van der Waals surface area contributed by atoms with E-state index >= 15 is 0 Å². The molecule has 12 nitrogen and oxygen atoms in total. The third kappa shape index (κ3) is 5.81. The average molecular weight is 566 g/mol. The van der Waals surface area contributed by atoms with Crippen molar-refractivity contribution in [3.05, 3.63) is 47.2 Å². The number of nitrogens with one attached hydrogen (secondary N) is 1. The Morgan fingerprint density at radius 2 is 2.03 bits per heavy atom. The number of methoxy groups -OCH3 is 1. The topological polar surface area (TPSA) is 169 Å². The van der Waals surface area contributed by atoms with Crippen LogP contribution in [-0.2, 0) is 18.6 Å². The van der Waals surface area contributed by atoms with Crippen molar-refractivity contribution in [2.45, 2.75) is 25.4 Å². The van der Waals surface area contributed by atoms with E-state index in [2.05, 4.69) is 36.0 Å². The first-order valence-electron chi connectivity index (χ1n) is 10.7. The molecule has 186 valence electrons. The van der Waals surface area contributed by atoms with E-state index in [0.29, 0.717) is 23.3 Å². The highest BCUT2D eigenvalue weighted by Crippen LogP contribution is 2.46. The molecule has 14 heteroatoms. The van der Waals surface area contributed by atoms with Crippen LogP contribution in [0.15, 0.2) is 47.2 Å². The normalized spacial score (nSPS) is 20.0. The lowest BCUT2D eigenvalue weighted by molar-refractivity contribution is -0.142. The smallest absolute Gasteiger partial charge is 0.459 e. The Hall–Kier alpha value is -2.99. The average Bonchev–Trinajstić information content (AvgIpc) is 3.45. The first-order chi connectivity index (χ1) is 16.7. The molecule has 1 aliphatic rings. The molecular weight excluding hydrogens is 541 g/mol. The monoisotopic (exact) mass is 565 g/mol. The maximum Gasteiger partial charge on any atom is 0.459 e. The molecule has 0 saturated heterocycles. The quantitative estimate of drug-likeness (QED) is 0.197. The number of anilines is 2. The van der Waals surface area contributed by atoms with Crippen molar-refractivity contribution in [3.63, 3.8) is 0 Å². The van der Waals surface area contributed by atoms with Gasteiger partial charge in [0.05, 0.1) is 26.1 Å². The highest BCUT2D eigenvalue weighted by Gasteiger charge is 2.34. The molecular formula is C21H25BrN7O5P. The summed E-state index contributed by atoms with van der Waals surface area (Å²) in [6.07, 6.45) is 6.20. The summed E-state index contributed by atoms with van der Waals surface area (Å²) >= 11 is 3.35. The molecule has 0 amide bonds. The van der Waals surface area contributed by atoms with Crippen molar-refractivity contribution in [2.24, 2.45) is 5.92 Å². The molecule has 5 N–H and O–H groups in total. The minimum atomic E-state index is -3.94. The number of benzene rings is 1. The Kier molecular flexibility index (Phi) is 7.41. The number of nitrogens with zero attached hydrogens (tertiary/aromatic N) is 4. The second-order valence-corrected chi connectivity index (χ2v) is 10.6. The standard InChI is InChI=1S/C21H25BrN7O5P/c1-12(20(30)32-2)28-35(31,34-16-7-4-14(22)5-8-16)33-10-13-3-6-15(9-13)29-11-25-17-18(23)26-21(24)27-19(17)29/h3-8,11-13,15H,9-10H2,1-2H3,(H,28,31)(H4,23,24,26,27)/t12-,13+,15-,35?/m0/s1. The molecule has 1 unspecified atom stereocenters. The Labute approximate surface area is 209 Å². The Balaban J connectivity index is 1.46. The van der Waals surface area contributed by atoms with E-state index in [4.69, 9.17) is 25.3 Å². The summed E-state index contributed by atoms with van der Waals surface area (Å²) in [7, 11) is -2.69. The van der Waals surface area contributed by atoms with Gasteiger partial charge in [0.1, 0.15) is 17.3 Å². The number of aromatic nitrogens is 4. The van der Waals surface area contributed by atoms with Crippen molar-refractivity contribution in [2.75, 3.05) is 25.2 Å². The Bertz CT molecular complexity index is 1300. The largest absolute Gasteiger partial charge is 0.468 e. The van der Waals surface area contributed by atoms with Crippen LogP contribution >= 0.6 is 23.7 Å². The van der Waals surface area contributed by atoms with Crippen LogP contribution in [0.25, 0.3) is 11.2 Å². The van der Waals surface area contributed by atoms with E-state index in [1.165, 1.54) is 14.0 Å². The first kappa shape index (κ1) is 25.1. The fourth-order valence-electron chi connectivity index (χ4n) is 3.67. The molecule has 35 heavy (non-hydrogen) atoms. The summed E-state index contributed by atoms with van der Waals surface area (Å²) in [6.45, 7) is 1.59. The van der Waals surface area contributed by atoms with Crippen LogP contribution in [0, 0.1) is 5.92 Å². The van der Waals surface area contributed by atoms with E-state index in [0.717, 1.165) is 4.47 Å². The SMILES string of the molecule is COC(=O)[C@H](C)NP(=O)(OC[C@@H]1C=C[C@H](n2cnc3c(N)nc(N)nc32)C1)Oc1ccc(Br)cc1. The molecule has 0 radical (unpaired) electrons. The van der Waals surface area contributed by atoms with Crippen molar-refractivity contribution in [1.82, 2.24) is 24.6 Å². The van der Waals surface area contributed by atoms with Gasteiger partial charge in [-0.25, -0.2) is 9.55 Å². The van der Waals surface area contributed by atoms with Gasteiger partial charge in [0.25, 0.3) is 0 Å². The zero-order valence-electron chi connectivity index (χ0n) is 19.0. The minimum Gasteiger partial charge on any atom is -0.468 e. The van der Waals surface area contributed by atoms with Gasteiger partial charge in [-0.05, 0) is 37.6 Å². The number of carbonyl (C=O) groups excluding carboxylic acids is 1. The zero-order valence-corrected chi connectivity index (χ0v) is 21.5. The van der Waals surface area contributed by atoms with Crippen LogP contribution in [0.2, 0.25) is 0 Å². The molecule has 0 saturated carbocycles. The molecule has 2 heterocycles. The van der Waals surface area contributed by atoms with Crippen molar-refractivity contribution < 1.29 is 23.1 Å². The molecule has 0 fully saturated rings.